The molecule has 5 heterocycles. The van der Waals surface area contributed by atoms with Gasteiger partial charge in [0, 0.05) is 50.8 Å². The van der Waals surface area contributed by atoms with Gasteiger partial charge >= 0.3 is 5.69 Å². The van der Waals surface area contributed by atoms with E-state index in [-0.39, 0.29) is 43.3 Å². The summed E-state index contributed by atoms with van der Waals surface area (Å²) < 4.78 is 11.8. The second-order valence-corrected chi connectivity index (χ2v) is 10.6. The molecule has 1 unspecified atom stereocenters. The van der Waals surface area contributed by atoms with Gasteiger partial charge in [0.25, 0.3) is 11.5 Å². The fraction of sp³-hybridized carbons (Fsp3) is 0.379. The summed E-state index contributed by atoms with van der Waals surface area (Å²) in [5.74, 6) is -0.0442. The minimum atomic E-state index is -0.454. The summed E-state index contributed by atoms with van der Waals surface area (Å²) in [7, 11) is 1.70. The van der Waals surface area contributed by atoms with Crippen LogP contribution in [0.15, 0.2) is 40.2 Å². The zero-order valence-corrected chi connectivity index (χ0v) is 25.1. The topological polar surface area (TPSA) is 199 Å². The molecular weight excluding hydrogens is 582 g/mol. The predicted molar refractivity (Wildman–Crippen MR) is 166 cm³/mol. The highest BCUT2D eigenvalue weighted by Crippen LogP contribution is 2.28. The second-order valence-electron chi connectivity index (χ2n) is 10.6. The monoisotopic (exact) mass is 615 g/mol. The van der Waals surface area contributed by atoms with Crippen molar-refractivity contribution in [2.75, 3.05) is 23.0 Å². The molecule has 4 N–H and O–H groups in total. The number of imidazole rings is 2. The molecule has 5 aromatic rings. The highest BCUT2D eigenvalue weighted by Gasteiger charge is 2.23. The summed E-state index contributed by atoms with van der Waals surface area (Å²) in [5.41, 5.74) is 7.63. The van der Waals surface area contributed by atoms with Crippen molar-refractivity contribution in [3.8, 4) is 0 Å². The Balaban J connectivity index is 1.11. The number of nitrogens with one attached hydrogen (secondary N) is 2. The molecule has 1 fully saturated rings. The Bertz CT molecular complexity index is 2050. The van der Waals surface area contributed by atoms with Gasteiger partial charge in [-0.25, -0.2) is 14.8 Å². The van der Waals surface area contributed by atoms with Crippen molar-refractivity contribution >= 4 is 51.6 Å². The van der Waals surface area contributed by atoms with Crippen LogP contribution < -0.4 is 27.6 Å². The normalized spacial score (nSPS) is 14.8. The summed E-state index contributed by atoms with van der Waals surface area (Å²) >= 11 is 0. The Morgan fingerprint density at radius 1 is 1.02 bits per heavy atom. The third-order valence-electron chi connectivity index (χ3n) is 7.86. The number of ether oxygens (including phenoxy) is 1. The van der Waals surface area contributed by atoms with Gasteiger partial charge in [-0.1, -0.05) is 0 Å². The van der Waals surface area contributed by atoms with Crippen molar-refractivity contribution in [2.45, 2.75) is 58.8 Å². The van der Waals surface area contributed by atoms with Gasteiger partial charge in [-0.15, -0.1) is 0 Å². The predicted octanol–water partition coefficient (Wildman–Crippen LogP) is 1.79. The highest BCUT2D eigenvalue weighted by molar-refractivity contribution is 6.04. The van der Waals surface area contributed by atoms with Crippen LogP contribution in [-0.2, 0) is 36.1 Å². The van der Waals surface area contributed by atoms with E-state index < -0.39 is 17.2 Å². The summed E-state index contributed by atoms with van der Waals surface area (Å²) in [4.78, 5) is 68.8. The molecule has 1 atom stereocenters. The van der Waals surface area contributed by atoms with Crippen molar-refractivity contribution < 1.29 is 14.3 Å². The molecule has 234 valence electrons. The third-order valence-corrected chi connectivity index (χ3v) is 7.86. The number of nitrogen functional groups attached to an aromatic ring is 1. The van der Waals surface area contributed by atoms with Gasteiger partial charge in [-0.05, 0) is 51.0 Å². The lowest BCUT2D eigenvalue weighted by molar-refractivity contribution is -0.116. The molecule has 6 rings (SSSR count). The van der Waals surface area contributed by atoms with E-state index in [0.29, 0.717) is 52.6 Å². The van der Waals surface area contributed by atoms with Crippen molar-refractivity contribution in [3.05, 3.63) is 62.8 Å². The number of amides is 2. The molecule has 45 heavy (non-hydrogen) atoms. The number of hydrogen-bond donors (Lipinski definition) is 3. The first-order valence-electron chi connectivity index (χ1n) is 14.7. The highest BCUT2D eigenvalue weighted by atomic mass is 16.5. The molecule has 0 bridgehead atoms. The van der Waals surface area contributed by atoms with Crippen LogP contribution in [0.5, 0.6) is 0 Å². The minimum Gasteiger partial charge on any atom is -0.382 e. The Labute approximate surface area is 255 Å². The molecule has 4 aromatic heterocycles. The fourth-order valence-corrected chi connectivity index (χ4v) is 5.51. The van der Waals surface area contributed by atoms with Crippen LogP contribution in [0.4, 0.5) is 17.5 Å². The van der Waals surface area contributed by atoms with E-state index in [1.165, 1.54) is 9.13 Å². The lowest BCUT2D eigenvalue weighted by Crippen LogP contribution is -2.39. The lowest BCUT2D eigenvalue weighted by atomic mass is 10.2. The summed E-state index contributed by atoms with van der Waals surface area (Å²) in [5, 5.41) is 5.48. The van der Waals surface area contributed by atoms with E-state index in [4.69, 9.17) is 10.5 Å². The Morgan fingerprint density at radius 2 is 1.78 bits per heavy atom. The van der Waals surface area contributed by atoms with E-state index in [1.54, 1.807) is 53.7 Å². The maximum absolute atomic E-state index is 12.9. The average molecular weight is 616 g/mol. The van der Waals surface area contributed by atoms with E-state index in [1.807, 2.05) is 6.92 Å². The minimum absolute atomic E-state index is 0.0358. The van der Waals surface area contributed by atoms with E-state index in [2.05, 4.69) is 30.6 Å². The molecular formula is C29H33N11O5. The number of aryl methyl sites for hydroxylation is 3. The van der Waals surface area contributed by atoms with Crippen LogP contribution in [-0.4, -0.2) is 56.6 Å². The first-order valence-corrected chi connectivity index (χ1v) is 14.7. The number of hydrogen-bond acceptors (Lipinski definition) is 10. The third kappa shape index (κ3) is 5.43. The number of aromatic nitrogens is 8. The zero-order chi connectivity index (χ0) is 31.8. The maximum Gasteiger partial charge on any atom is 0.332 e. The van der Waals surface area contributed by atoms with Crippen molar-refractivity contribution in [2.24, 2.45) is 7.05 Å². The first-order chi connectivity index (χ1) is 21.7. The molecule has 0 radical (unpaired) electrons. The number of nitrogens with two attached hydrogens (primary N) is 1. The summed E-state index contributed by atoms with van der Waals surface area (Å²) in [6.07, 6.45) is 3.50. The van der Waals surface area contributed by atoms with E-state index in [0.717, 1.165) is 12.8 Å². The van der Waals surface area contributed by atoms with Gasteiger partial charge in [0.1, 0.15) is 17.6 Å². The largest absolute Gasteiger partial charge is 0.382 e. The Morgan fingerprint density at radius 3 is 2.47 bits per heavy atom. The van der Waals surface area contributed by atoms with Gasteiger partial charge in [-0.3, -0.25) is 33.4 Å². The quantitative estimate of drug-likeness (QED) is 0.220. The molecule has 1 aliphatic rings. The van der Waals surface area contributed by atoms with Crippen LogP contribution in [0.2, 0.25) is 0 Å². The zero-order valence-electron chi connectivity index (χ0n) is 25.1. The first kappa shape index (κ1) is 29.7. The molecule has 2 amide bonds. The second kappa shape index (κ2) is 12.0. The average Bonchev–Trinajstić information content (AvgIpc) is 3.76. The van der Waals surface area contributed by atoms with Gasteiger partial charge in [0.2, 0.25) is 11.9 Å². The molecule has 0 saturated carbocycles. The number of carbonyl (C=O) groups is 2. The lowest BCUT2D eigenvalue weighted by Gasteiger charge is -2.12. The van der Waals surface area contributed by atoms with E-state index >= 15 is 0 Å². The standard InChI is InChI=1S/C29H33N11O5/c1-4-38-25-22(27(43)39(5-2)29(38)44)37(3)18(33-25)12-13-19(41)32-17-10-8-16(9-11-17)26(42)36-28-34-23(30)21-24(35-28)40(15-31-21)20-7-6-14-45-20/h8-11,15,20H,4-7,12-14H2,1-3H3,(H,32,41)(H3,30,34,35,36,42). The molecule has 0 aliphatic carbocycles. The van der Waals surface area contributed by atoms with Gasteiger partial charge in [0.15, 0.2) is 22.6 Å². The summed E-state index contributed by atoms with van der Waals surface area (Å²) in [6, 6.07) is 6.36. The molecule has 1 aliphatic heterocycles. The molecule has 16 nitrogen and oxygen atoms in total. The van der Waals surface area contributed by atoms with Crippen molar-refractivity contribution in [1.29, 1.82) is 0 Å². The number of benzene rings is 1. The van der Waals surface area contributed by atoms with Gasteiger partial charge in [0.05, 0.1) is 6.33 Å². The van der Waals surface area contributed by atoms with Crippen molar-refractivity contribution in [1.82, 2.24) is 38.2 Å². The van der Waals surface area contributed by atoms with Crippen LogP contribution in [0.1, 0.15) is 55.5 Å². The van der Waals surface area contributed by atoms with Crippen LogP contribution in [0, 0.1) is 0 Å². The number of rotatable bonds is 9. The van der Waals surface area contributed by atoms with E-state index in [9.17, 15) is 19.2 Å². The molecule has 0 spiro atoms. The Hall–Kier alpha value is -5.38. The van der Waals surface area contributed by atoms with Crippen molar-refractivity contribution in [3.63, 3.8) is 0 Å². The van der Waals surface area contributed by atoms with Crippen LogP contribution in [0.25, 0.3) is 22.3 Å². The van der Waals surface area contributed by atoms with Crippen LogP contribution >= 0.6 is 0 Å². The molecule has 1 saturated heterocycles. The van der Waals surface area contributed by atoms with Crippen LogP contribution in [0.3, 0.4) is 0 Å². The SMILES string of the molecule is CCn1c(=O)c2c(nc(CCC(=O)Nc3ccc(C(=O)Nc4nc(N)c5ncn(C6CCCO6)c5n4)cc3)n2C)n(CC)c1=O. The fourth-order valence-electron chi connectivity index (χ4n) is 5.51. The summed E-state index contributed by atoms with van der Waals surface area (Å²) in [6.45, 7) is 4.81. The maximum atomic E-state index is 12.9. The number of nitrogens with zero attached hydrogens (tertiary/aromatic N) is 8. The molecule has 16 heteroatoms. The molecule has 1 aromatic carbocycles. The number of anilines is 3. The number of carbonyl (C=O) groups excluding carboxylic acids is 2. The number of fused-ring (bicyclic) bond motifs is 2. The van der Waals surface area contributed by atoms with Gasteiger partial charge in [-0.2, -0.15) is 9.97 Å². The van der Waals surface area contributed by atoms with Gasteiger partial charge < -0.3 is 20.4 Å². The smallest absolute Gasteiger partial charge is 0.332 e. The Kier molecular flexibility index (Phi) is 7.88.